The van der Waals surface area contributed by atoms with Crippen molar-refractivity contribution in [3.8, 4) is 10.6 Å². The molecule has 1 heterocycles. The van der Waals surface area contributed by atoms with Crippen molar-refractivity contribution in [1.82, 2.24) is 4.98 Å². The number of rotatable bonds is 3. The number of aryl methyl sites for hydroxylation is 2. The van der Waals surface area contributed by atoms with Gasteiger partial charge in [0.25, 0.3) is 0 Å². The zero-order chi connectivity index (χ0) is 11.5. The molecule has 2 rings (SSSR count). The molecule has 0 atom stereocenters. The SMILES string of the molecule is CCc1nc(-c2ccc(F)cc2)sc1CC. The van der Waals surface area contributed by atoms with Gasteiger partial charge in [0.2, 0.25) is 0 Å². The summed E-state index contributed by atoms with van der Waals surface area (Å²) in [4.78, 5) is 5.93. The van der Waals surface area contributed by atoms with Crippen LogP contribution in [0.4, 0.5) is 4.39 Å². The second kappa shape index (κ2) is 4.74. The van der Waals surface area contributed by atoms with Crippen molar-refractivity contribution in [2.24, 2.45) is 0 Å². The monoisotopic (exact) mass is 235 g/mol. The van der Waals surface area contributed by atoms with E-state index < -0.39 is 0 Å². The van der Waals surface area contributed by atoms with E-state index in [4.69, 9.17) is 0 Å². The number of halogens is 1. The van der Waals surface area contributed by atoms with Crippen LogP contribution in [0.25, 0.3) is 10.6 Å². The molecule has 0 unspecified atom stereocenters. The molecule has 1 nitrogen and oxygen atoms in total. The molecule has 0 bridgehead atoms. The molecule has 2 aromatic rings. The van der Waals surface area contributed by atoms with Gasteiger partial charge in [-0.25, -0.2) is 9.37 Å². The molecule has 84 valence electrons. The normalized spacial score (nSPS) is 10.7. The highest BCUT2D eigenvalue weighted by atomic mass is 32.1. The molecule has 0 spiro atoms. The van der Waals surface area contributed by atoms with Crippen molar-refractivity contribution in [3.05, 3.63) is 40.7 Å². The van der Waals surface area contributed by atoms with Gasteiger partial charge in [-0.2, -0.15) is 0 Å². The summed E-state index contributed by atoms with van der Waals surface area (Å²) in [5.41, 5.74) is 2.17. The fraction of sp³-hybridized carbons (Fsp3) is 0.308. The smallest absolute Gasteiger partial charge is 0.123 e. The van der Waals surface area contributed by atoms with Crippen molar-refractivity contribution < 1.29 is 4.39 Å². The molecule has 0 saturated carbocycles. The first-order valence-electron chi connectivity index (χ1n) is 5.49. The Morgan fingerprint density at radius 1 is 1.12 bits per heavy atom. The third-order valence-electron chi connectivity index (χ3n) is 2.53. The Morgan fingerprint density at radius 2 is 1.81 bits per heavy atom. The van der Waals surface area contributed by atoms with Crippen LogP contribution in [-0.4, -0.2) is 4.98 Å². The molecule has 0 amide bonds. The predicted octanol–water partition coefficient (Wildman–Crippen LogP) is 4.07. The van der Waals surface area contributed by atoms with Crippen molar-refractivity contribution >= 4 is 11.3 Å². The molecule has 3 heteroatoms. The average molecular weight is 235 g/mol. The molecular weight excluding hydrogens is 221 g/mol. The zero-order valence-electron chi connectivity index (χ0n) is 9.46. The first kappa shape index (κ1) is 11.3. The summed E-state index contributed by atoms with van der Waals surface area (Å²) in [6.07, 6.45) is 1.98. The lowest BCUT2D eigenvalue weighted by molar-refractivity contribution is 0.628. The molecule has 16 heavy (non-hydrogen) atoms. The lowest BCUT2D eigenvalue weighted by Gasteiger charge is -1.94. The summed E-state index contributed by atoms with van der Waals surface area (Å²) in [6.45, 7) is 4.25. The molecule has 0 saturated heterocycles. The Hall–Kier alpha value is -1.22. The van der Waals surface area contributed by atoms with Gasteiger partial charge < -0.3 is 0 Å². The number of hydrogen-bond acceptors (Lipinski definition) is 2. The highest BCUT2D eigenvalue weighted by molar-refractivity contribution is 7.15. The van der Waals surface area contributed by atoms with Gasteiger partial charge in [-0.15, -0.1) is 11.3 Å². The summed E-state index contributed by atoms with van der Waals surface area (Å²) in [6, 6.07) is 6.53. The van der Waals surface area contributed by atoms with Crippen molar-refractivity contribution in [1.29, 1.82) is 0 Å². The topological polar surface area (TPSA) is 12.9 Å². The molecule has 1 aromatic carbocycles. The van der Waals surface area contributed by atoms with Gasteiger partial charge in [0.1, 0.15) is 10.8 Å². The van der Waals surface area contributed by atoms with E-state index in [2.05, 4.69) is 18.8 Å². The summed E-state index contributed by atoms with van der Waals surface area (Å²) >= 11 is 1.71. The van der Waals surface area contributed by atoms with Crippen LogP contribution in [0.3, 0.4) is 0 Å². The number of benzene rings is 1. The fourth-order valence-electron chi connectivity index (χ4n) is 1.65. The Kier molecular flexibility index (Phi) is 3.34. The molecular formula is C13H14FNS. The van der Waals surface area contributed by atoms with Gasteiger partial charge in [-0.05, 0) is 37.1 Å². The van der Waals surface area contributed by atoms with Crippen LogP contribution in [0.2, 0.25) is 0 Å². The van der Waals surface area contributed by atoms with E-state index >= 15 is 0 Å². The summed E-state index contributed by atoms with van der Waals surface area (Å²) in [5, 5.41) is 0.994. The molecule has 0 aliphatic heterocycles. The van der Waals surface area contributed by atoms with Gasteiger partial charge >= 0.3 is 0 Å². The quantitative estimate of drug-likeness (QED) is 0.781. The van der Waals surface area contributed by atoms with Crippen molar-refractivity contribution in [3.63, 3.8) is 0 Å². The van der Waals surface area contributed by atoms with Crippen LogP contribution in [0, 0.1) is 5.82 Å². The molecule has 0 aliphatic carbocycles. The van der Waals surface area contributed by atoms with E-state index in [0.29, 0.717) is 0 Å². The maximum Gasteiger partial charge on any atom is 0.123 e. The minimum atomic E-state index is -0.202. The van der Waals surface area contributed by atoms with Crippen LogP contribution in [0.15, 0.2) is 24.3 Å². The fourth-order valence-corrected chi connectivity index (χ4v) is 2.75. The maximum atomic E-state index is 12.8. The molecule has 1 aromatic heterocycles. The van der Waals surface area contributed by atoms with Crippen LogP contribution >= 0.6 is 11.3 Å². The van der Waals surface area contributed by atoms with E-state index in [1.165, 1.54) is 22.7 Å². The summed E-state index contributed by atoms with van der Waals surface area (Å²) in [5.74, 6) is -0.202. The number of aromatic nitrogens is 1. The van der Waals surface area contributed by atoms with E-state index in [1.807, 2.05) is 0 Å². The average Bonchev–Trinajstić information content (AvgIpc) is 2.73. The Bertz CT molecular complexity index is 452. The van der Waals surface area contributed by atoms with Crippen molar-refractivity contribution in [2.45, 2.75) is 26.7 Å². The largest absolute Gasteiger partial charge is 0.241 e. The number of thiazole rings is 1. The zero-order valence-corrected chi connectivity index (χ0v) is 10.3. The predicted molar refractivity (Wildman–Crippen MR) is 66.3 cm³/mol. The number of hydrogen-bond donors (Lipinski definition) is 0. The second-order valence-electron chi connectivity index (χ2n) is 3.60. The van der Waals surface area contributed by atoms with Crippen LogP contribution < -0.4 is 0 Å². The summed E-state index contributed by atoms with van der Waals surface area (Å²) in [7, 11) is 0. The first-order chi connectivity index (χ1) is 7.74. The van der Waals surface area contributed by atoms with Crippen LogP contribution in [0.1, 0.15) is 24.4 Å². The molecule has 0 radical (unpaired) electrons. The summed E-state index contributed by atoms with van der Waals surface area (Å²) < 4.78 is 12.8. The first-order valence-corrected chi connectivity index (χ1v) is 6.30. The van der Waals surface area contributed by atoms with Crippen LogP contribution in [0.5, 0.6) is 0 Å². The van der Waals surface area contributed by atoms with E-state index in [0.717, 1.165) is 23.4 Å². The van der Waals surface area contributed by atoms with E-state index in [1.54, 1.807) is 23.5 Å². The Balaban J connectivity index is 2.40. The maximum absolute atomic E-state index is 12.8. The Labute approximate surface area is 99.0 Å². The second-order valence-corrected chi connectivity index (χ2v) is 4.69. The molecule has 0 fully saturated rings. The highest BCUT2D eigenvalue weighted by Crippen LogP contribution is 2.28. The molecule has 0 N–H and O–H groups in total. The van der Waals surface area contributed by atoms with E-state index in [9.17, 15) is 4.39 Å². The Morgan fingerprint density at radius 3 is 2.31 bits per heavy atom. The van der Waals surface area contributed by atoms with Crippen molar-refractivity contribution in [2.75, 3.05) is 0 Å². The van der Waals surface area contributed by atoms with Crippen LogP contribution in [-0.2, 0) is 12.8 Å². The lowest BCUT2D eigenvalue weighted by Crippen LogP contribution is -1.85. The lowest BCUT2D eigenvalue weighted by atomic mass is 10.2. The third-order valence-corrected chi connectivity index (χ3v) is 3.82. The third kappa shape index (κ3) is 2.14. The minimum absolute atomic E-state index is 0.202. The molecule has 0 aliphatic rings. The standard InChI is InChI=1S/C13H14FNS/c1-3-11-12(4-2)16-13(15-11)9-5-7-10(14)8-6-9/h5-8H,3-4H2,1-2H3. The highest BCUT2D eigenvalue weighted by Gasteiger charge is 2.09. The van der Waals surface area contributed by atoms with Gasteiger partial charge in [-0.3, -0.25) is 0 Å². The van der Waals surface area contributed by atoms with Gasteiger partial charge in [0.05, 0.1) is 5.69 Å². The number of nitrogens with zero attached hydrogens (tertiary/aromatic N) is 1. The van der Waals surface area contributed by atoms with Gasteiger partial charge in [0, 0.05) is 10.4 Å². The van der Waals surface area contributed by atoms with Gasteiger partial charge in [-0.1, -0.05) is 13.8 Å². The van der Waals surface area contributed by atoms with E-state index in [-0.39, 0.29) is 5.82 Å². The minimum Gasteiger partial charge on any atom is -0.241 e. The van der Waals surface area contributed by atoms with Gasteiger partial charge in [0.15, 0.2) is 0 Å².